The van der Waals surface area contributed by atoms with Gasteiger partial charge in [-0.05, 0) is 48.0 Å². The summed E-state index contributed by atoms with van der Waals surface area (Å²) in [5.74, 6) is -0.605. The summed E-state index contributed by atoms with van der Waals surface area (Å²) in [5, 5.41) is 4.31. The minimum absolute atomic E-state index is 0.0868. The molecule has 1 aliphatic rings. The molecule has 0 saturated carbocycles. The van der Waals surface area contributed by atoms with Gasteiger partial charge in [-0.2, -0.15) is 0 Å². The molecule has 7 heteroatoms. The van der Waals surface area contributed by atoms with Crippen LogP contribution in [0.2, 0.25) is 0 Å². The Morgan fingerprint density at radius 2 is 1.97 bits per heavy atom. The average molecular weight is 404 g/mol. The maximum absolute atomic E-state index is 12.4. The zero-order chi connectivity index (χ0) is 20.4. The van der Waals surface area contributed by atoms with Crippen LogP contribution in [-0.2, 0) is 22.6 Å². The molecule has 3 aromatic rings. The van der Waals surface area contributed by atoms with E-state index in [1.807, 2.05) is 60.8 Å². The molecule has 0 spiro atoms. The topological polar surface area (TPSA) is 89.5 Å². The molecule has 6 nitrogen and oxygen atoms in total. The molecule has 0 unspecified atom stereocenters. The zero-order valence-electron chi connectivity index (χ0n) is 15.9. The third-order valence-electron chi connectivity index (χ3n) is 4.66. The maximum atomic E-state index is 12.4. The van der Waals surface area contributed by atoms with E-state index in [1.54, 1.807) is 4.57 Å². The lowest BCUT2D eigenvalue weighted by Crippen LogP contribution is -2.19. The number of thioether (sulfide) groups is 1. The fourth-order valence-corrected chi connectivity index (χ4v) is 4.07. The predicted octanol–water partition coefficient (Wildman–Crippen LogP) is 3.58. The highest BCUT2D eigenvalue weighted by atomic mass is 32.2. The summed E-state index contributed by atoms with van der Waals surface area (Å²) in [5.41, 5.74) is 9.15. The fourth-order valence-electron chi connectivity index (χ4n) is 3.23. The predicted molar refractivity (Wildman–Crippen MR) is 118 cm³/mol. The van der Waals surface area contributed by atoms with Crippen molar-refractivity contribution >= 4 is 51.4 Å². The smallest absolute Gasteiger partial charge is 0.264 e. The first-order valence-electron chi connectivity index (χ1n) is 9.28. The summed E-state index contributed by atoms with van der Waals surface area (Å²) in [6, 6.07) is 15.7. The summed E-state index contributed by atoms with van der Waals surface area (Å²) >= 11 is 1.30. The van der Waals surface area contributed by atoms with Gasteiger partial charge in [0.05, 0.1) is 10.6 Å². The number of amidine groups is 1. The van der Waals surface area contributed by atoms with Crippen molar-refractivity contribution in [1.29, 1.82) is 0 Å². The summed E-state index contributed by atoms with van der Waals surface area (Å²) in [6.07, 6.45) is 4.63. The van der Waals surface area contributed by atoms with E-state index < -0.39 is 5.91 Å². The second-order valence-corrected chi connectivity index (χ2v) is 7.73. The zero-order valence-corrected chi connectivity index (χ0v) is 16.7. The molecule has 1 saturated heterocycles. The van der Waals surface area contributed by atoms with E-state index in [0.29, 0.717) is 10.1 Å². The van der Waals surface area contributed by atoms with Crippen molar-refractivity contribution in [3.63, 3.8) is 0 Å². The Morgan fingerprint density at radius 1 is 1.21 bits per heavy atom. The Balaban J connectivity index is 1.64. The number of rotatable bonds is 5. The molecule has 146 valence electrons. The van der Waals surface area contributed by atoms with Gasteiger partial charge in [0.2, 0.25) is 5.91 Å². The van der Waals surface area contributed by atoms with Gasteiger partial charge in [0.1, 0.15) is 6.54 Å². The number of hydrogen-bond acceptors (Lipinski definition) is 4. The van der Waals surface area contributed by atoms with E-state index in [0.717, 1.165) is 28.6 Å². The van der Waals surface area contributed by atoms with Gasteiger partial charge in [0.15, 0.2) is 5.17 Å². The Hall–Kier alpha value is -3.32. The van der Waals surface area contributed by atoms with Crippen molar-refractivity contribution in [2.24, 2.45) is 10.7 Å². The minimum Gasteiger partial charge on any atom is -0.368 e. The standard InChI is InChI=1S/C22H20N4O2S/c1-2-14-7-9-16(10-8-14)24-22-25-21(28)19(29-22)11-15-12-26(13-20(23)27)18-6-4-3-5-17(15)18/h3-12H,2,13H2,1H3,(H2,23,27)(H,24,25,28). The van der Waals surface area contributed by atoms with Crippen molar-refractivity contribution in [2.45, 2.75) is 19.9 Å². The van der Waals surface area contributed by atoms with Crippen LogP contribution in [0.3, 0.4) is 0 Å². The SMILES string of the molecule is CCc1ccc(N=C2NC(=O)C(=Cc3cn(CC(N)=O)c4ccccc34)S2)cc1. The Morgan fingerprint density at radius 3 is 2.69 bits per heavy atom. The molecule has 2 aromatic carbocycles. The van der Waals surface area contributed by atoms with E-state index in [4.69, 9.17) is 5.73 Å². The van der Waals surface area contributed by atoms with Gasteiger partial charge in [0, 0.05) is 22.7 Å². The van der Waals surface area contributed by atoms with Crippen LogP contribution >= 0.6 is 11.8 Å². The lowest BCUT2D eigenvalue weighted by Gasteiger charge is -2.00. The van der Waals surface area contributed by atoms with Crippen LogP contribution in [-0.4, -0.2) is 21.5 Å². The van der Waals surface area contributed by atoms with Gasteiger partial charge >= 0.3 is 0 Å². The van der Waals surface area contributed by atoms with Crippen LogP contribution < -0.4 is 11.1 Å². The number of aliphatic imine (C=N–C) groups is 1. The quantitative estimate of drug-likeness (QED) is 0.637. The molecule has 4 rings (SSSR count). The number of benzene rings is 2. The molecule has 1 fully saturated rings. The summed E-state index contributed by atoms with van der Waals surface area (Å²) in [7, 11) is 0. The number of hydrogen-bond donors (Lipinski definition) is 2. The number of carbonyl (C=O) groups excluding carboxylic acids is 2. The second-order valence-electron chi connectivity index (χ2n) is 6.70. The first-order valence-corrected chi connectivity index (χ1v) is 10.1. The van der Waals surface area contributed by atoms with Crippen molar-refractivity contribution in [1.82, 2.24) is 9.88 Å². The maximum Gasteiger partial charge on any atom is 0.264 e. The van der Waals surface area contributed by atoms with Gasteiger partial charge in [-0.25, -0.2) is 4.99 Å². The number of amides is 2. The van der Waals surface area contributed by atoms with Gasteiger partial charge in [-0.15, -0.1) is 0 Å². The lowest BCUT2D eigenvalue weighted by atomic mass is 10.1. The van der Waals surface area contributed by atoms with Crippen molar-refractivity contribution in [3.8, 4) is 0 Å². The number of carbonyl (C=O) groups is 2. The van der Waals surface area contributed by atoms with E-state index in [9.17, 15) is 9.59 Å². The van der Waals surface area contributed by atoms with Crippen molar-refractivity contribution in [2.75, 3.05) is 0 Å². The highest BCUT2D eigenvalue weighted by Gasteiger charge is 2.24. The average Bonchev–Trinajstić information content (AvgIpc) is 3.22. The molecule has 0 radical (unpaired) electrons. The van der Waals surface area contributed by atoms with Crippen molar-refractivity contribution < 1.29 is 9.59 Å². The van der Waals surface area contributed by atoms with E-state index in [-0.39, 0.29) is 12.5 Å². The van der Waals surface area contributed by atoms with E-state index in [1.165, 1.54) is 17.3 Å². The normalized spacial score (nSPS) is 16.7. The minimum atomic E-state index is -0.415. The molecule has 1 aromatic heterocycles. The number of fused-ring (bicyclic) bond motifs is 1. The van der Waals surface area contributed by atoms with Gasteiger partial charge in [-0.3, -0.25) is 9.59 Å². The number of aryl methyl sites for hydroxylation is 1. The molecular weight excluding hydrogens is 384 g/mol. The monoisotopic (exact) mass is 404 g/mol. The van der Waals surface area contributed by atoms with E-state index >= 15 is 0 Å². The van der Waals surface area contributed by atoms with Gasteiger partial charge < -0.3 is 15.6 Å². The van der Waals surface area contributed by atoms with E-state index in [2.05, 4.69) is 17.2 Å². The Labute approximate surface area is 172 Å². The summed E-state index contributed by atoms with van der Waals surface area (Å²) in [4.78, 5) is 28.9. The third kappa shape index (κ3) is 4.09. The largest absolute Gasteiger partial charge is 0.368 e. The van der Waals surface area contributed by atoms with Gasteiger partial charge in [0.25, 0.3) is 5.91 Å². The summed E-state index contributed by atoms with van der Waals surface area (Å²) < 4.78 is 1.80. The third-order valence-corrected chi connectivity index (χ3v) is 5.57. The molecule has 2 heterocycles. The van der Waals surface area contributed by atoms with Crippen LogP contribution in [0.4, 0.5) is 5.69 Å². The first-order chi connectivity index (χ1) is 14.0. The molecule has 0 atom stereocenters. The highest BCUT2D eigenvalue weighted by molar-refractivity contribution is 8.18. The summed E-state index contributed by atoms with van der Waals surface area (Å²) in [6.45, 7) is 2.19. The molecule has 1 aliphatic heterocycles. The molecule has 0 aliphatic carbocycles. The van der Waals surface area contributed by atoms with Crippen LogP contribution in [0.25, 0.3) is 17.0 Å². The fraction of sp³-hybridized carbons (Fsp3) is 0.136. The number of nitrogens with two attached hydrogens (primary N) is 1. The number of nitrogens with zero attached hydrogens (tertiary/aromatic N) is 2. The highest BCUT2D eigenvalue weighted by Crippen LogP contribution is 2.31. The molecular formula is C22H20N4O2S. The number of para-hydroxylation sites is 1. The first kappa shape index (κ1) is 19.0. The molecule has 0 bridgehead atoms. The lowest BCUT2D eigenvalue weighted by molar-refractivity contribution is -0.118. The van der Waals surface area contributed by atoms with Gasteiger partial charge in [-0.1, -0.05) is 37.3 Å². The van der Waals surface area contributed by atoms with Crippen LogP contribution in [0.15, 0.2) is 64.6 Å². The molecule has 2 amide bonds. The Bertz CT molecular complexity index is 1160. The van der Waals surface area contributed by atoms with Crippen LogP contribution in [0.5, 0.6) is 0 Å². The van der Waals surface area contributed by atoms with Crippen LogP contribution in [0, 0.1) is 0 Å². The molecule has 29 heavy (non-hydrogen) atoms. The Kier molecular flexibility index (Phi) is 5.22. The number of aromatic nitrogens is 1. The van der Waals surface area contributed by atoms with Crippen LogP contribution in [0.1, 0.15) is 18.1 Å². The number of nitrogens with one attached hydrogen (secondary N) is 1. The van der Waals surface area contributed by atoms with Crippen molar-refractivity contribution in [3.05, 3.63) is 70.8 Å². The molecule has 3 N–H and O–H groups in total. The second kappa shape index (κ2) is 7.97. The number of primary amides is 1.